The normalized spacial score (nSPS) is 13.3. The lowest BCUT2D eigenvalue weighted by Crippen LogP contribution is -2.41. The molecule has 1 aromatic carbocycles. The van der Waals surface area contributed by atoms with E-state index < -0.39 is 5.91 Å². The van der Waals surface area contributed by atoms with Crippen LogP contribution in [0, 0.1) is 12.8 Å². The summed E-state index contributed by atoms with van der Waals surface area (Å²) in [6.07, 6.45) is 1.68. The molecule has 0 aliphatic rings. The van der Waals surface area contributed by atoms with Crippen LogP contribution in [0.1, 0.15) is 35.3 Å². The fourth-order valence-electron chi connectivity index (χ4n) is 2.43. The molecule has 0 aliphatic heterocycles. The zero-order chi connectivity index (χ0) is 17.7. The predicted octanol–water partition coefficient (Wildman–Crippen LogP) is 1.95. The summed E-state index contributed by atoms with van der Waals surface area (Å²) in [7, 11) is 0. The van der Waals surface area contributed by atoms with Crippen molar-refractivity contribution >= 4 is 5.91 Å². The molecular weight excluding hydrogens is 304 g/mol. The van der Waals surface area contributed by atoms with E-state index in [0.717, 1.165) is 11.1 Å². The molecule has 0 spiro atoms. The van der Waals surface area contributed by atoms with Gasteiger partial charge in [0.15, 0.2) is 0 Å². The van der Waals surface area contributed by atoms with Gasteiger partial charge >= 0.3 is 0 Å². The van der Waals surface area contributed by atoms with E-state index in [1.54, 1.807) is 12.3 Å². The van der Waals surface area contributed by atoms with Crippen LogP contribution in [0.3, 0.4) is 0 Å². The van der Waals surface area contributed by atoms with Crippen molar-refractivity contribution in [2.75, 3.05) is 6.61 Å². The highest BCUT2D eigenvalue weighted by atomic mass is 16.3. The third kappa shape index (κ3) is 4.32. The second-order valence-electron chi connectivity index (χ2n) is 6.27. The molecule has 0 fully saturated rings. The first-order chi connectivity index (χ1) is 11.4. The zero-order valence-corrected chi connectivity index (χ0v) is 14.3. The number of rotatable bonds is 6. The first kappa shape index (κ1) is 17.9. The monoisotopic (exact) mass is 328 g/mol. The fourth-order valence-corrected chi connectivity index (χ4v) is 2.43. The number of aromatic nitrogens is 1. The second-order valence-corrected chi connectivity index (χ2v) is 6.27. The number of benzene rings is 1. The van der Waals surface area contributed by atoms with Crippen LogP contribution in [-0.2, 0) is 6.54 Å². The van der Waals surface area contributed by atoms with Gasteiger partial charge in [-0.3, -0.25) is 9.59 Å². The third-order valence-electron chi connectivity index (χ3n) is 4.20. The van der Waals surface area contributed by atoms with Crippen LogP contribution in [0.2, 0.25) is 0 Å². The minimum Gasteiger partial charge on any atom is -0.396 e. The molecule has 2 aromatic rings. The highest BCUT2D eigenvalue weighted by molar-refractivity contribution is 5.93. The summed E-state index contributed by atoms with van der Waals surface area (Å²) in [6.45, 7) is 6.05. The van der Waals surface area contributed by atoms with E-state index in [4.69, 9.17) is 5.11 Å². The smallest absolute Gasteiger partial charge is 0.263 e. The largest absolute Gasteiger partial charge is 0.396 e. The van der Waals surface area contributed by atoms with E-state index in [2.05, 4.69) is 5.32 Å². The van der Waals surface area contributed by atoms with Crippen molar-refractivity contribution in [3.05, 3.63) is 69.6 Å². The number of carbonyl (C=O) groups is 1. The lowest BCUT2D eigenvalue weighted by Gasteiger charge is -2.19. The van der Waals surface area contributed by atoms with E-state index >= 15 is 0 Å². The molecule has 24 heavy (non-hydrogen) atoms. The zero-order valence-electron chi connectivity index (χ0n) is 14.3. The Morgan fingerprint density at radius 2 is 2.00 bits per heavy atom. The number of hydrogen-bond donors (Lipinski definition) is 2. The number of hydrogen-bond acceptors (Lipinski definition) is 3. The predicted molar refractivity (Wildman–Crippen MR) is 94.2 cm³/mol. The van der Waals surface area contributed by atoms with Crippen LogP contribution >= 0.6 is 0 Å². The molecule has 1 aromatic heterocycles. The highest BCUT2D eigenvalue weighted by Gasteiger charge is 2.18. The van der Waals surface area contributed by atoms with Gasteiger partial charge in [0.1, 0.15) is 5.56 Å². The molecule has 2 rings (SSSR count). The Morgan fingerprint density at radius 3 is 2.67 bits per heavy atom. The Morgan fingerprint density at radius 1 is 1.25 bits per heavy atom. The highest BCUT2D eigenvalue weighted by Crippen LogP contribution is 2.06. The van der Waals surface area contributed by atoms with E-state index in [1.807, 2.05) is 45.0 Å². The summed E-state index contributed by atoms with van der Waals surface area (Å²) >= 11 is 0. The number of aryl methyl sites for hydroxylation is 1. The van der Waals surface area contributed by atoms with Crippen molar-refractivity contribution in [3.63, 3.8) is 0 Å². The number of aliphatic hydroxyl groups excluding tert-OH is 1. The molecule has 0 bridgehead atoms. The first-order valence-corrected chi connectivity index (χ1v) is 8.09. The molecule has 2 atom stereocenters. The average molecular weight is 328 g/mol. The molecule has 0 saturated carbocycles. The lowest BCUT2D eigenvalue weighted by atomic mass is 10.0. The van der Waals surface area contributed by atoms with Crippen molar-refractivity contribution < 1.29 is 9.90 Å². The second kappa shape index (κ2) is 7.93. The summed E-state index contributed by atoms with van der Waals surface area (Å²) in [4.78, 5) is 24.9. The SMILES string of the molecule is Cc1cccc(Cn2cccc(C(=O)NC(C)C(C)CO)c2=O)c1. The third-order valence-corrected chi connectivity index (χ3v) is 4.20. The Bertz CT molecular complexity index is 767. The minimum atomic E-state index is -0.411. The Labute approximate surface area is 142 Å². The molecule has 0 saturated heterocycles. The number of amides is 1. The van der Waals surface area contributed by atoms with Crippen LogP contribution in [-0.4, -0.2) is 28.2 Å². The fraction of sp³-hybridized carbons (Fsp3) is 0.368. The maximum absolute atomic E-state index is 12.6. The molecule has 1 heterocycles. The molecule has 0 radical (unpaired) electrons. The van der Waals surface area contributed by atoms with Crippen molar-refractivity contribution in [3.8, 4) is 0 Å². The van der Waals surface area contributed by atoms with Crippen LogP contribution in [0.25, 0.3) is 0 Å². The number of aliphatic hydroxyl groups is 1. The van der Waals surface area contributed by atoms with Crippen LogP contribution in [0.5, 0.6) is 0 Å². The maximum Gasteiger partial charge on any atom is 0.263 e. The Kier molecular flexibility index (Phi) is 5.93. The average Bonchev–Trinajstić information content (AvgIpc) is 2.55. The standard InChI is InChI=1S/C19H24N2O3/c1-13-6-4-7-16(10-13)11-21-9-5-8-17(19(21)24)18(23)20-15(3)14(2)12-22/h4-10,14-15,22H,11-12H2,1-3H3,(H,20,23). The lowest BCUT2D eigenvalue weighted by molar-refractivity contribution is 0.0914. The van der Waals surface area contributed by atoms with Gasteiger partial charge in [-0.25, -0.2) is 0 Å². The molecule has 0 aliphatic carbocycles. The molecule has 2 unspecified atom stereocenters. The Hall–Kier alpha value is -2.40. The van der Waals surface area contributed by atoms with Gasteiger partial charge in [0.2, 0.25) is 0 Å². The quantitative estimate of drug-likeness (QED) is 0.851. The molecule has 5 heteroatoms. The number of pyridine rings is 1. The van der Waals surface area contributed by atoms with E-state index in [0.29, 0.717) is 6.54 Å². The summed E-state index contributed by atoms with van der Waals surface area (Å²) in [5, 5.41) is 11.9. The van der Waals surface area contributed by atoms with Crippen molar-refractivity contribution in [2.45, 2.75) is 33.4 Å². The van der Waals surface area contributed by atoms with Crippen LogP contribution < -0.4 is 10.9 Å². The molecule has 5 nitrogen and oxygen atoms in total. The molecular formula is C19H24N2O3. The minimum absolute atomic E-state index is 0.0200. The molecule has 2 N–H and O–H groups in total. The van der Waals surface area contributed by atoms with Gasteiger partial charge in [-0.05, 0) is 37.5 Å². The van der Waals surface area contributed by atoms with Crippen molar-refractivity contribution in [2.24, 2.45) is 5.92 Å². The van der Waals surface area contributed by atoms with E-state index in [-0.39, 0.29) is 29.7 Å². The maximum atomic E-state index is 12.6. The van der Waals surface area contributed by atoms with E-state index in [1.165, 1.54) is 10.6 Å². The van der Waals surface area contributed by atoms with Crippen molar-refractivity contribution in [1.29, 1.82) is 0 Å². The summed E-state index contributed by atoms with van der Waals surface area (Å²) in [5.41, 5.74) is 1.93. The summed E-state index contributed by atoms with van der Waals surface area (Å²) < 4.78 is 1.53. The van der Waals surface area contributed by atoms with Gasteiger partial charge in [0, 0.05) is 18.8 Å². The molecule has 1 amide bonds. The van der Waals surface area contributed by atoms with E-state index in [9.17, 15) is 9.59 Å². The van der Waals surface area contributed by atoms with Crippen LogP contribution in [0.15, 0.2) is 47.4 Å². The van der Waals surface area contributed by atoms with Gasteiger partial charge in [-0.2, -0.15) is 0 Å². The van der Waals surface area contributed by atoms with Gasteiger partial charge in [0.25, 0.3) is 11.5 Å². The summed E-state index contributed by atoms with van der Waals surface area (Å²) in [5.74, 6) is -0.487. The number of carbonyl (C=O) groups excluding carboxylic acids is 1. The first-order valence-electron chi connectivity index (χ1n) is 8.09. The molecule has 128 valence electrons. The number of nitrogens with zero attached hydrogens (tertiary/aromatic N) is 1. The topological polar surface area (TPSA) is 71.3 Å². The van der Waals surface area contributed by atoms with Gasteiger partial charge in [-0.1, -0.05) is 36.8 Å². The van der Waals surface area contributed by atoms with Crippen molar-refractivity contribution in [1.82, 2.24) is 9.88 Å². The van der Waals surface area contributed by atoms with Gasteiger partial charge < -0.3 is 15.0 Å². The van der Waals surface area contributed by atoms with Crippen LogP contribution in [0.4, 0.5) is 0 Å². The van der Waals surface area contributed by atoms with Gasteiger partial charge in [-0.15, -0.1) is 0 Å². The Balaban J connectivity index is 2.21. The van der Waals surface area contributed by atoms with Gasteiger partial charge in [0.05, 0.1) is 6.54 Å². The number of nitrogens with one attached hydrogen (secondary N) is 1. The summed E-state index contributed by atoms with van der Waals surface area (Å²) in [6, 6.07) is 10.9.